The van der Waals surface area contributed by atoms with Gasteiger partial charge in [0.25, 0.3) is 0 Å². The minimum atomic E-state index is -0.704. The number of rotatable bonds is 6. The Balaban J connectivity index is 2.35. The molecule has 24 heavy (non-hydrogen) atoms. The quantitative estimate of drug-likeness (QED) is 0.594. The van der Waals surface area contributed by atoms with Crippen molar-refractivity contribution in [3.05, 3.63) is 102 Å². The van der Waals surface area contributed by atoms with Gasteiger partial charge >= 0.3 is 0 Å². The van der Waals surface area contributed by atoms with Crippen molar-refractivity contribution in [3.8, 4) is 5.75 Å². The molecule has 0 spiro atoms. The van der Waals surface area contributed by atoms with Crippen molar-refractivity contribution in [2.24, 2.45) is 0 Å². The Morgan fingerprint density at radius 1 is 0.708 bits per heavy atom. The lowest BCUT2D eigenvalue weighted by Crippen LogP contribution is -2.33. The number of hydrogen-bond acceptors (Lipinski definition) is 2. The molecule has 2 heteroatoms. The molecule has 0 radical (unpaired) electrons. The summed E-state index contributed by atoms with van der Waals surface area (Å²) in [5.74, 6) is 0.818. The van der Waals surface area contributed by atoms with E-state index in [1.54, 1.807) is 7.11 Å². The van der Waals surface area contributed by atoms with Crippen LogP contribution in [0.3, 0.4) is 0 Å². The first kappa shape index (κ1) is 16.3. The highest BCUT2D eigenvalue weighted by Gasteiger charge is 2.39. The molecule has 0 unspecified atom stereocenters. The molecule has 0 heterocycles. The van der Waals surface area contributed by atoms with Crippen molar-refractivity contribution in [1.29, 1.82) is 0 Å². The largest absolute Gasteiger partial charge is 0.496 e. The molecular formula is C22H22O2. The van der Waals surface area contributed by atoms with E-state index in [9.17, 15) is 0 Å². The fourth-order valence-electron chi connectivity index (χ4n) is 3.22. The van der Waals surface area contributed by atoms with E-state index >= 15 is 0 Å². The lowest BCUT2D eigenvalue weighted by Gasteiger charge is -2.36. The zero-order valence-electron chi connectivity index (χ0n) is 14.1. The Labute approximate surface area is 143 Å². The van der Waals surface area contributed by atoms with Gasteiger partial charge in [0.1, 0.15) is 11.4 Å². The van der Waals surface area contributed by atoms with E-state index in [0.29, 0.717) is 6.61 Å². The molecule has 0 aliphatic carbocycles. The maximum atomic E-state index is 6.45. The van der Waals surface area contributed by atoms with Gasteiger partial charge in [-0.1, -0.05) is 78.9 Å². The van der Waals surface area contributed by atoms with Crippen LogP contribution in [0.2, 0.25) is 0 Å². The number of hydrogen-bond donors (Lipinski definition) is 0. The molecule has 2 nitrogen and oxygen atoms in total. The molecule has 0 amide bonds. The van der Waals surface area contributed by atoms with Crippen LogP contribution in [0.1, 0.15) is 23.6 Å². The fraction of sp³-hybridized carbons (Fsp3) is 0.182. The number of methoxy groups -OCH3 is 1. The molecule has 0 atom stereocenters. The maximum absolute atomic E-state index is 6.45. The van der Waals surface area contributed by atoms with Crippen LogP contribution in [-0.2, 0) is 10.3 Å². The predicted molar refractivity (Wildman–Crippen MR) is 97.4 cm³/mol. The molecule has 0 N–H and O–H groups in total. The van der Waals surface area contributed by atoms with Crippen molar-refractivity contribution in [2.45, 2.75) is 12.5 Å². The minimum Gasteiger partial charge on any atom is -0.496 e. The maximum Gasteiger partial charge on any atom is 0.147 e. The molecule has 122 valence electrons. The summed E-state index contributed by atoms with van der Waals surface area (Å²) in [5, 5.41) is 0. The molecule has 3 aromatic carbocycles. The molecule has 0 aliphatic heterocycles. The third-order valence-corrected chi connectivity index (χ3v) is 4.21. The lowest BCUT2D eigenvalue weighted by atomic mass is 9.79. The van der Waals surface area contributed by atoms with Crippen molar-refractivity contribution < 1.29 is 9.47 Å². The highest BCUT2D eigenvalue weighted by atomic mass is 16.5. The average Bonchev–Trinajstić information content (AvgIpc) is 2.67. The third-order valence-electron chi connectivity index (χ3n) is 4.21. The number of para-hydroxylation sites is 1. The summed E-state index contributed by atoms with van der Waals surface area (Å²) in [6, 6.07) is 28.7. The summed E-state index contributed by atoms with van der Waals surface area (Å²) in [6.45, 7) is 2.61. The summed E-state index contributed by atoms with van der Waals surface area (Å²) in [5.41, 5.74) is 2.47. The molecule has 0 saturated carbocycles. The van der Waals surface area contributed by atoms with Gasteiger partial charge in [-0.15, -0.1) is 0 Å². The van der Waals surface area contributed by atoms with Crippen LogP contribution in [0, 0.1) is 0 Å². The number of benzene rings is 3. The highest BCUT2D eigenvalue weighted by Crippen LogP contribution is 2.44. The van der Waals surface area contributed by atoms with Crippen LogP contribution in [0.15, 0.2) is 84.9 Å². The van der Waals surface area contributed by atoms with Crippen LogP contribution >= 0.6 is 0 Å². The predicted octanol–water partition coefficient (Wildman–Crippen LogP) is 5.02. The highest BCUT2D eigenvalue weighted by molar-refractivity contribution is 5.52. The SMILES string of the molecule is CCOC(c1ccccc1)(c1ccccc1)c1ccccc1OC. The normalized spacial score (nSPS) is 11.2. The van der Waals surface area contributed by atoms with Gasteiger partial charge in [0.15, 0.2) is 0 Å². The summed E-state index contributed by atoms with van der Waals surface area (Å²) >= 11 is 0. The first-order valence-electron chi connectivity index (χ1n) is 8.21. The molecule has 0 bridgehead atoms. The number of ether oxygens (including phenoxy) is 2. The summed E-state index contributed by atoms with van der Waals surface area (Å²) in [7, 11) is 1.70. The Hall–Kier alpha value is -2.58. The first-order chi connectivity index (χ1) is 11.8. The molecule has 0 aromatic heterocycles. The Morgan fingerprint density at radius 3 is 1.71 bits per heavy atom. The monoisotopic (exact) mass is 318 g/mol. The summed E-state index contributed by atoms with van der Waals surface area (Å²) < 4.78 is 12.1. The Kier molecular flexibility index (Phi) is 4.97. The summed E-state index contributed by atoms with van der Waals surface area (Å²) in [6.07, 6.45) is 0. The fourth-order valence-corrected chi connectivity index (χ4v) is 3.22. The van der Waals surface area contributed by atoms with Crippen molar-refractivity contribution in [3.63, 3.8) is 0 Å². The smallest absolute Gasteiger partial charge is 0.147 e. The first-order valence-corrected chi connectivity index (χ1v) is 8.21. The van der Waals surface area contributed by atoms with E-state index in [-0.39, 0.29) is 0 Å². The minimum absolute atomic E-state index is 0.585. The van der Waals surface area contributed by atoms with Gasteiger partial charge in [0.05, 0.1) is 7.11 Å². The van der Waals surface area contributed by atoms with E-state index < -0.39 is 5.60 Å². The Morgan fingerprint density at radius 2 is 1.21 bits per heavy atom. The molecular weight excluding hydrogens is 296 g/mol. The van der Waals surface area contributed by atoms with Crippen molar-refractivity contribution in [2.75, 3.05) is 13.7 Å². The van der Waals surface area contributed by atoms with Crippen LogP contribution < -0.4 is 4.74 Å². The standard InChI is InChI=1S/C22H22O2/c1-3-24-22(18-12-6-4-7-13-18,19-14-8-5-9-15-19)20-16-10-11-17-21(20)23-2/h4-17H,3H2,1-2H3. The second-order valence-electron chi connectivity index (χ2n) is 5.55. The van der Waals surface area contributed by atoms with Gasteiger partial charge in [0.2, 0.25) is 0 Å². The third kappa shape index (κ3) is 2.81. The van der Waals surface area contributed by atoms with Gasteiger partial charge in [-0.2, -0.15) is 0 Å². The molecule has 3 aromatic rings. The van der Waals surface area contributed by atoms with E-state index in [4.69, 9.17) is 9.47 Å². The molecule has 3 rings (SSSR count). The van der Waals surface area contributed by atoms with Gasteiger partial charge in [-0.05, 0) is 24.1 Å². The van der Waals surface area contributed by atoms with Crippen LogP contribution in [0.25, 0.3) is 0 Å². The second kappa shape index (κ2) is 7.33. The van der Waals surface area contributed by atoms with Gasteiger partial charge in [-0.25, -0.2) is 0 Å². The molecule has 0 aliphatic rings. The van der Waals surface area contributed by atoms with E-state index in [2.05, 4.69) is 30.3 Å². The topological polar surface area (TPSA) is 18.5 Å². The van der Waals surface area contributed by atoms with Gasteiger partial charge in [0, 0.05) is 12.2 Å². The average molecular weight is 318 g/mol. The zero-order chi connectivity index (χ0) is 16.8. The zero-order valence-corrected chi connectivity index (χ0v) is 14.1. The van der Waals surface area contributed by atoms with E-state index in [1.165, 1.54) is 0 Å². The van der Waals surface area contributed by atoms with Crippen molar-refractivity contribution >= 4 is 0 Å². The van der Waals surface area contributed by atoms with E-state index in [0.717, 1.165) is 22.4 Å². The molecule has 0 fully saturated rings. The van der Waals surface area contributed by atoms with Crippen LogP contribution in [0.4, 0.5) is 0 Å². The van der Waals surface area contributed by atoms with Crippen LogP contribution in [-0.4, -0.2) is 13.7 Å². The Bertz CT molecular complexity index is 727. The van der Waals surface area contributed by atoms with Crippen molar-refractivity contribution in [1.82, 2.24) is 0 Å². The van der Waals surface area contributed by atoms with Crippen LogP contribution in [0.5, 0.6) is 5.75 Å². The lowest BCUT2D eigenvalue weighted by molar-refractivity contribution is 0.0199. The van der Waals surface area contributed by atoms with Gasteiger partial charge < -0.3 is 9.47 Å². The second-order valence-corrected chi connectivity index (χ2v) is 5.55. The van der Waals surface area contributed by atoms with E-state index in [1.807, 2.05) is 61.5 Å². The summed E-state index contributed by atoms with van der Waals surface area (Å²) in [4.78, 5) is 0. The van der Waals surface area contributed by atoms with Gasteiger partial charge in [-0.3, -0.25) is 0 Å². The molecule has 0 saturated heterocycles.